The van der Waals surface area contributed by atoms with Crippen molar-refractivity contribution in [2.45, 2.75) is 6.92 Å². The fourth-order valence-corrected chi connectivity index (χ4v) is 2.93. The van der Waals surface area contributed by atoms with Gasteiger partial charge in [-0.3, -0.25) is 0 Å². The van der Waals surface area contributed by atoms with Crippen molar-refractivity contribution in [1.29, 1.82) is 0 Å². The maximum Gasteiger partial charge on any atom is 0.145 e. The van der Waals surface area contributed by atoms with Gasteiger partial charge < -0.3 is 9.64 Å². The molecule has 0 aliphatic heterocycles. The number of nitrogens with zero attached hydrogens (tertiary/aromatic N) is 3. The molecule has 3 aromatic rings. The summed E-state index contributed by atoms with van der Waals surface area (Å²) in [5, 5.41) is 3.13. The minimum absolute atomic E-state index is 0. The van der Waals surface area contributed by atoms with Crippen LogP contribution < -0.4 is 9.64 Å². The first-order chi connectivity index (χ1) is 9.69. The molecule has 3 rings (SSSR count). The number of rotatable bonds is 3. The third kappa shape index (κ3) is 2.94. The number of anilines is 2. The standard InChI is InChI=1S/C15H15N3OS.ClH/c1-10-16-14(13-8-9-20-15(13)17-10)18(2)11-4-6-12(19-3)7-5-11;/h4-9H,1-3H3;1H. The van der Waals surface area contributed by atoms with Crippen LogP contribution in [-0.2, 0) is 0 Å². The zero-order valence-electron chi connectivity index (χ0n) is 12.0. The fourth-order valence-electron chi connectivity index (χ4n) is 2.13. The molecule has 6 heteroatoms. The SMILES string of the molecule is COc1ccc(N(C)c2nc(C)nc3sccc23)cc1.Cl. The third-order valence-corrected chi connectivity index (χ3v) is 4.00. The van der Waals surface area contributed by atoms with Gasteiger partial charge in [0.25, 0.3) is 0 Å². The van der Waals surface area contributed by atoms with Crippen LogP contribution in [0.3, 0.4) is 0 Å². The third-order valence-electron chi connectivity index (χ3n) is 3.19. The predicted octanol–water partition coefficient (Wildman–Crippen LogP) is 4.20. The molecule has 110 valence electrons. The zero-order chi connectivity index (χ0) is 14.1. The van der Waals surface area contributed by atoms with E-state index in [1.807, 2.05) is 43.6 Å². The van der Waals surface area contributed by atoms with E-state index in [0.717, 1.165) is 33.3 Å². The van der Waals surface area contributed by atoms with Gasteiger partial charge in [-0.05, 0) is 42.6 Å². The van der Waals surface area contributed by atoms with Crippen LogP contribution in [0, 0.1) is 6.92 Å². The second-order valence-electron chi connectivity index (χ2n) is 4.49. The largest absolute Gasteiger partial charge is 0.497 e. The van der Waals surface area contributed by atoms with Gasteiger partial charge in [-0.1, -0.05) is 0 Å². The van der Waals surface area contributed by atoms with Crippen molar-refractivity contribution in [2.24, 2.45) is 0 Å². The van der Waals surface area contributed by atoms with Crippen LogP contribution in [-0.4, -0.2) is 24.1 Å². The zero-order valence-corrected chi connectivity index (χ0v) is 13.7. The molecule has 1 aromatic carbocycles. The Morgan fingerprint density at radius 2 is 1.81 bits per heavy atom. The Morgan fingerprint density at radius 3 is 2.48 bits per heavy atom. The Hall–Kier alpha value is -1.85. The first-order valence-electron chi connectivity index (χ1n) is 6.28. The molecular weight excluding hydrogens is 306 g/mol. The summed E-state index contributed by atoms with van der Waals surface area (Å²) in [6.07, 6.45) is 0. The smallest absolute Gasteiger partial charge is 0.145 e. The first kappa shape index (κ1) is 15.5. The number of ether oxygens (including phenoxy) is 1. The van der Waals surface area contributed by atoms with Gasteiger partial charge >= 0.3 is 0 Å². The molecule has 0 aliphatic rings. The minimum atomic E-state index is 0. The Morgan fingerprint density at radius 1 is 1.10 bits per heavy atom. The quantitative estimate of drug-likeness (QED) is 0.724. The lowest BCUT2D eigenvalue weighted by atomic mass is 10.2. The number of aromatic nitrogens is 2. The van der Waals surface area contributed by atoms with Crippen LogP contribution in [0.2, 0.25) is 0 Å². The maximum absolute atomic E-state index is 5.19. The number of halogens is 1. The van der Waals surface area contributed by atoms with Gasteiger partial charge in [0, 0.05) is 12.7 Å². The maximum atomic E-state index is 5.19. The summed E-state index contributed by atoms with van der Waals surface area (Å²) in [6, 6.07) is 10.0. The van der Waals surface area contributed by atoms with Crippen molar-refractivity contribution in [3.8, 4) is 5.75 Å². The number of fused-ring (bicyclic) bond motifs is 1. The molecule has 21 heavy (non-hydrogen) atoms. The molecule has 0 spiro atoms. The lowest BCUT2D eigenvalue weighted by Crippen LogP contribution is -2.12. The van der Waals surface area contributed by atoms with Crippen molar-refractivity contribution < 1.29 is 4.74 Å². The Kier molecular flexibility index (Phi) is 4.65. The molecular formula is C15H16ClN3OS. The highest BCUT2D eigenvalue weighted by Crippen LogP contribution is 2.31. The van der Waals surface area contributed by atoms with Gasteiger partial charge in [0.1, 0.15) is 22.2 Å². The first-order valence-corrected chi connectivity index (χ1v) is 7.16. The topological polar surface area (TPSA) is 38.2 Å². The van der Waals surface area contributed by atoms with Gasteiger partial charge in [-0.25, -0.2) is 9.97 Å². The van der Waals surface area contributed by atoms with E-state index in [-0.39, 0.29) is 12.4 Å². The van der Waals surface area contributed by atoms with Crippen LogP contribution in [0.4, 0.5) is 11.5 Å². The van der Waals surface area contributed by atoms with E-state index in [2.05, 4.69) is 20.9 Å². The van der Waals surface area contributed by atoms with E-state index < -0.39 is 0 Å². The van der Waals surface area contributed by atoms with Gasteiger partial charge in [0.15, 0.2) is 0 Å². The molecule has 2 heterocycles. The molecule has 0 unspecified atom stereocenters. The predicted molar refractivity (Wildman–Crippen MR) is 90.5 cm³/mol. The molecule has 0 fully saturated rings. The molecule has 0 saturated heterocycles. The lowest BCUT2D eigenvalue weighted by molar-refractivity contribution is 0.415. The molecule has 4 nitrogen and oxygen atoms in total. The molecule has 0 atom stereocenters. The van der Waals surface area contributed by atoms with Crippen molar-refractivity contribution in [2.75, 3.05) is 19.1 Å². The highest BCUT2D eigenvalue weighted by molar-refractivity contribution is 7.16. The Balaban J connectivity index is 0.00000161. The van der Waals surface area contributed by atoms with Gasteiger partial charge in [-0.2, -0.15) is 0 Å². The summed E-state index contributed by atoms with van der Waals surface area (Å²) in [4.78, 5) is 12.1. The number of hydrogen-bond acceptors (Lipinski definition) is 5. The minimum Gasteiger partial charge on any atom is -0.497 e. The highest BCUT2D eigenvalue weighted by atomic mass is 35.5. The Bertz CT molecular complexity index is 742. The van der Waals surface area contributed by atoms with E-state index in [1.54, 1.807) is 18.4 Å². The fraction of sp³-hybridized carbons (Fsp3) is 0.200. The molecule has 0 saturated carbocycles. The van der Waals surface area contributed by atoms with Crippen molar-refractivity contribution in [1.82, 2.24) is 9.97 Å². The highest BCUT2D eigenvalue weighted by Gasteiger charge is 2.12. The van der Waals surface area contributed by atoms with E-state index in [4.69, 9.17) is 4.74 Å². The van der Waals surface area contributed by atoms with Crippen LogP contribution >= 0.6 is 23.7 Å². The summed E-state index contributed by atoms with van der Waals surface area (Å²) in [7, 11) is 3.68. The van der Waals surface area contributed by atoms with Crippen LogP contribution in [0.1, 0.15) is 5.82 Å². The van der Waals surface area contributed by atoms with Gasteiger partial charge in [-0.15, -0.1) is 23.7 Å². The second-order valence-corrected chi connectivity index (χ2v) is 5.39. The number of thiophene rings is 1. The van der Waals surface area contributed by atoms with Crippen LogP contribution in [0.15, 0.2) is 35.7 Å². The number of hydrogen-bond donors (Lipinski definition) is 0. The number of benzene rings is 1. The lowest BCUT2D eigenvalue weighted by Gasteiger charge is -2.19. The average molecular weight is 322 g/mol. The normalized spacial score (nSPS) is 10.2. The van der Waals surface area contributed by atoms with Gasteiger partial charge in [0.2, 0.25) is 0 Å². The number of methoxy groups -OCH3 is 1. The molecule has 0 radical (unpaired) electrons. The van der Waals surface area contributed by atoms with Gasteiger partial charge in [0.05, 0.1) is 12.5 Å². The summed E-state index contributed by atoms with van der Waals surface area (Å²) in [5.74, 6) is 2.57. The average Bonchev–Trinajstić information content (AvgIpc) is 2.94. The van der Waals surface area contributed by atoms with E-state index in [1.165, 1.54) is 0 Å². The molecule has 0 N–H and O–H groups in total. The molecule has 0 bridgehead atoms. The van der Waals surface area contributed by atoms with Crippen LogP contribution in [0.5, 0.6) is 5.75 Å². The number of aryl methyl sites for hydroxylation is 1. The van der Waals surface area contributed by atoms with Crippen molar-refractivity contribution >= 4 is 45.5 Å². The van der Waals surface area contributed by atoms with E-state index >= 15 is 0 Å². The summed E-state index contributed by atoms with van der Waals surface area (Å²) in [5.41, 5.74) is 1.07. The Labute approximate surface area is 133 Å². The summed E-state index contributed by atoms with van der Waals surface area (Å²) < 4.78 is 5.19. The molecule has 0 aliphatic carbocycles. The summed E-state index contributed by atoms with van der Waals surface area (Å²) >= 11 is 1.64. The second kappa shape index (κ2) is 6.28. The van der Waals surface area contributed by atoms with Crippen molar-refractivity contribution in [3.05, 3.63) is 41.5 Å². The summed E-state index contributed by atoms with van der Waals surface area (Å²) in [6.45, 7) is 1.92. The van der Waals surface area contributed by atoms with Crippen LogP contribution in [0.25, 0.3) is 10.2 Å². The molecule has 2 aromatic heterocycles. The monoisotopic (exact) mass is 321 g/mol. The van der Waals surface area contributed by atoms with E-state index in [9.17, 15) is 0 Å². The molecule has 0 amide bonds. The van der Waals surface area contributed by atoms with Crippen molar-refractivity contribution in [3.63, 3.8) is 0 Å². The van der Waals surface area contributed by atoms with E-state index in [0.29, 0.717) is 0 Å².